The quantitative estimate of drug-likeness (QED) is 0.902. The number of benzene rings is 1. The third kappa shape index (κ3) is 2.61. The van der Waals surface area contributed by atoms with Gasteiger partial charge in [-0.2, -0.15) is 0 Å². The number of hydrogen-bond acceptors (Lipinski definition) is 4. The van der Waals surface area contributed by atoms with Crippen molar-refractivity contribution in [1.82, 2.24) is 15.1 Å². The van der Waals surface area contributed by atoms with Crippen LogP contribution in [0.2, 0.25) is 0 Å². The molecule has 2 saturated heterocycles. The molecule has 3 rings (SSSR count). The fourth-order valence-electron chi connectivity index (χ4n) is 3.20. The second-order valence-electron chi connectivity index (χ2n) is 5.68. The molecule has 1 amide bonds. The number of ether oxygens (including phenoxy) is 1. The molecule has 1 aromatic carbocycles. The van der Waals surface area contributed by atoms with Crippen LogP contribution in [0, 0.1) is 5.82 Å². The number of likely N-dealkylation sites (tertiary alicyclic amines) is 1. The van der Waals surface area contributed by atoms with E-state index in [4.69, 9.17) is 4.74 Å². The molecule has 0 radical (unpaired) electrons. The molecule has 114 valence electrons. The van der Waals surface area contributed by atoms with Gasteiger partial charge in [0.2, 0.25) is 5.91 Å². The van der Waals surface area contributed by atoms with E-state index in [-0.39, 0.29) is 23.9 Å². The first kappa shape index (κ1) is 14.3. The maximum absolute atomic E-state index is 13.9. The zero-order chi connectivity index (χ0) is 15.0. The van der Waals surface area contributed by atoms with Gasteiger partial charge in [0.15, 0.2) is 11.6 Å². The average Bonchev–Trinajstić information content (AvgIpc) is 3.04. The summed E-state index contributed by atoms with van der Waals surface area (Å²) in [6.45, 7) is 2.15. The molecule has 2 fully saturated rings. The highest BCUT2D eigenvalue weighted by Gasteiger charge is 2.39. The number of carbonyl (C=O) groups is 1. The molecule has 2 aliphatic heterocycles. The fourth-order valence-corrected chi connectivity index (χ4v) is 3.20. The van der Waals surface area contributed by atoms with Gasteiger partial charge in [-0.15, -0.1) is 0 Å². The predicted molar refractivity (Wildman–Crippen MR) is 76.4 cm³/mol. The third-order valence-corrected chi connectivity index (χ3v) is 4.26. The number of nitrogens with zero attached hydrogens (tertiary/aromatic N) is 2. The van der Waals surface area contributed by atoms with Crippen LogP contribution in [0.15, 0.2) is 18.2 Å². The van der Waals surface area contributed by atoms with Gasteiger partial charge in [0.05, 0.1) is 13.7 Å². The Bertz CT molecular complexity index is 552. The van der Waals surface area contributed by atoms with Gasteiger partial charge < -0.3 is 14.5 Å². The average molecular weight is 293 g/mol. The zero-order valence-electron chi connectivity index (χ0n) is 12.3. The van der Waals surface area contributed by atoms with E-state index in [2.05, 4.69) is 17.3 Å². The molecule has 2 heterocycles. The van der Waals surface area contributed by atoms with Crippen LogP contribution in [0.1, 0.15) is 18.2 Å². The normalized spacial score (nSPS) is 26.6. The molecule has 0 bridgehead atoms. The van der Waals surface area contributed by atoms with Crippen molar-refractivity contribution in [3.05, 3.63) is 29.6 Å². The summed E-state index contributed by atoms with van der Waals surface area (Å²) in [5, 5.41) is 3.18. The minimum atomic E-state index is -0.403. The standard InChI is InChI=1S/C15H20FN3O2/c1-18-6-5-11(9-18)19-14(20)8-17-15(19)10-3-4-13(21-2)12(16)7-10/h3-4,7,11,15,17H,5-6,8-9H2,1-2H3. The molecule has 1 aromatic rings. The first-order chi connectivity index (χ1) is 10.1. The van der Waals surface area contributed by atoms with E-state index >= 15 is 0 Å². The van der Waals surface area contributed by atoms with Gasteiger partial charge in [-0.25, -0.2) is 4.39 Å². The van der Waals surface area contributed by atoms with Crippen LogP contribution in [-0.2, 0) is 4.79 Å². The number of likely N-dealkylation sites (N-methyl/N-ethyl adjacent to an activating group) is 1. The summed E-state index contributed by atoms with van der Waals surface area (Å²) in [4.78, 5) is 16.3. The Labute approximate surface area is 123 Å². The second kappa shape index (κ2) is 5.61. The second-order valence-corrected chi connectivity index (χ2v) is 5.68. The van der Waals surface area contributed by atoms with Crippen molar-refractivity contribution in [1.29, 1.82) is 0 Å². The predicted octanol–water partition coefficient (Wildman–Crippen LogP) is 0.969. The number of hydrogen-bond donors (Lipinski definition) is 1. The molecule has 0 spiro atoms. The van der Waals surface area contributed by atoms with Crippen LogP contribution in [0.25, 0.3) is 0 Å². The first-order valence-corrected chi connectivity index (χ1v) is 7.16. The summed E-state index contributed by atoms with van der Waals surface area (Å²) in [7, 11) is 3.49. The molecule has 2 atom stereocenters. The van der Waals surface area contributed by atoms with Gasteiger partial charge in [-0.05, 0) is 37.7 Å². The lowest BCUT2D eigenvalue weighted by Crippen LogP contribution is -2.41. The number of nitrogens with one attached hydrogen (secondary N) is 1. The summed E-state index contributed by atoms with van der Waals surface area (Å²) >= 11 is 0. The van der Waals surface area contributed by atoms with E-state index in [1.54, 1.807) is 6.07 Å². The molecular weight excluding hydrogens is 273 g/mol. The van der Waals surface area contributed by atoms with Crippen molar-refractivity contribution in [3.8, 4) is 5.75 Å². The van der Waals surface area contributed by atoms with Gasteiger partial charge in [-0.3, -0.25) is 10.1 Å². The number of halogens is 1. The van der Waals surface area contributed by atoms with Crippen molar-refractivity contribution in [2.45, 2.75) is 18.6 Å². The van der Waals surface area contributed by atoms with Crippen molar-refractivity contribution < 1.29 is 13.9 Å². The van der Waals surface area contributed by atoms with Crippen molar-refractivity contribution in [3.63, 3.8) is 0 Å². The molecule has 6 heteroatoms. The highest BCUT2D eigenvalue weighted by molar-refractivity contribution is 5.81. The molecular formula is C15H20FN3O2. The Morgan fingerprint density at radius 3 is 2.86 bits per heavy atom. The largest absolute Gasteiger partial charge is 0.494 e. The molecule has 0 aromatic heterocycles. The monoisotopic (exact) mass is 293 g/mol. The van der Waals surface area contributed by atoms with E-state index in [0.29, 0.717) is 6.54 Å². The minimum absolute atomic E-state index is 0.0801. The van der Waals surface area contributed by atoms with E-state index in [9.17, 15) is 9.18 Å². The van der Waals surface area contributed by atoms with Crippen LogP contribution >= 0.6 is 0 Å². The summed E-state index contributed by atoms with van der Waals surface area (Å²) in [5.74, 6) is -0.105. The van der Waals surface area contributed by atoms with Crippen LogP contribution in [-0.4, -0.2) is 55.5 Å². The van der Waals surface area contributed by atoms with Crippen molar-refractivity contribution >= 4 is 5.91 Å². The lowest BCUT2D eigenvalue weighted by molar-refractivity contribution is -0.130. The van der Waals surface area contributed by atoms with Crippen LogP contribution in [0.3, 0.4) is 0 Å². The highest BCUT2D eigenvalue weighted by Crippen LogP contribution is 2.30. The van der Waals surface area contributed by atoms with Crippen LogP contribution in [0.5, 0.6) is 5.75 Å². The van der Waals surface area contributed by atoms with E-state index in [1.807, 2.05) is 11.0 Å². The first-order valence-electron chi connectivity index (χ1n) is 7.16. The summed E-state index contributed by atoms with van der Waals surface area (Å²) in [6, 6.07) is 5.05. The summed E-state index contributed by atoms with van der Waals surface area (Å²) < 4.78 is 18.8. The topological polar surface area (TPSA) is 44.8 Å². The Balaban J connectivity index is 1.86. The third-order valence-electron chi connectivity index (χ3n) is 4.26. The minimum Gasteiger partial charge on any atom is -0.494 e. The fraction of sp³-hybridized carbons (Fsp3) is 0.533. The number of rotatable bonds is 3. The SMILES string of the molecule is COc1ccc(C2NCC(=O)N2C2CCN(C)C2)cc1F. The van der Waals surface area contributed by atoms with Gasteiger partial charge >= 0.3 is 0 Å². The number of amides is 1. The Morgan fingerprint density at radius 2 is 2.24 bits per heavy atom. The molecule has 2 aliphatic rings. The van der Waals surface area contributed by atoms with Crippen molar-refractivity contribution in [2.24, 2.45) is 0 Å². The van der Waals surface area contributed by atoms with Gasteiger partial charge in [-0.1, -0.05) is 6.07 Å². The van der Waals surface area contributed by atoms with Gasteiger partial charge in [0.1, 0.15) is 6.17 Å². The number of methoxy groups -OCH3 is 1. The molecule has 0 saturated carbocycles. The highest BCUT2D eigenvalue weighted by atomic mass is 19.1. The zero-order valence-corrected chi connectivity index (χ0v) is 12.3. The molecule has 2 unspecified atom stereocenters. The van der Waals surface area contributed by atoms with Gasteiger partial charge in [0.25, 0.3) is 0 Å². The van der Waals surface area contributed by atoms with E-state index < -0.39 is 5.82 Å². The molecule has 0 aliphatic carbocycles. The van der Waals surface area contributed by atoms with Gasteiger partial charge in [0, 0.05) is 12.6 Å². The Morgan fingerprint density at radius 1 is 1.43 bits per heavy atom. The lowest BCUT2D eigenvalue weighted by atomic mass is 10.1. The summed E-state index contributed by atoms with van der Waals surface area (Å²) in [5.41, 5.74) is 0.758. The van der Waals surface area contributed by atoms with Crippen LogP contribution < -0.4 is 10.1 Å². The molecule has 21 heavy (non-hydrogen) atoms. The summed E-state index contributed by atoms with van der Waals surface area (Å²) in [6.07, 6.45) is 0.702. The smallest absolute Gasteiger partial charge is 0.238 e. The van der Waals surface area contributed by atoms with E-state index in [1.165, 1.54) is 13.2 Å². The van der Waals surface area contributed by atoms with Crippen molar-refractivity contribution in [2.75, 3.05) is 33.8 Å². The maximum atomic E-state index is 13.9. The Hall–Kier alpha value is -1.66. The molecule has 1 N–H and O–H groups in total. The lowest BCUT2D eigenvalue weighted by Gasteiger charge is -2.30. The van der Waals surface area contributed by atoms with Crippen LogP contribution in [0.4, 0.5) is 4.39 Å². The number of carbonyl (C=O) groups excluding carboxylic acids is 1. The maximum Gasteiger partial charge on any atom is 0.238 e. The molecule has 5 nitrogen and oxygen atoms in total. The Kier molecular flexibility index (Phi) is 3.82. The van der Waals surface area contributed by atoms with E-state index in [0.717, 1.165) is 25.1 Å².